The molecule has 0 aliphatic carbocycles. The molecule has 0 radical (unpaired) electrons. The number of carbonyl (C=O) groups is 2. The van der Waals surface area contributed by atoms with Gasteiger partial charge in [-0.2, -0.15) is 0 Å². The van der Waals surface area contributed by atoms with Crippen molar-refractivity contribution in [2.75, 3.05) is 0 Å². The Bertz CT molecular complexity index is 465. The van der Waals surface area contributed by atoms with Crippen LogP contribution in [0.5, 0.6) is 0 Å². The second kappa shape index (κ2) is 7.77. The lowest BCUT2D eigenvalue weighted by molar-refractivity contribution is -0.325. The molecule has 0 aromatic heterocycles. The van der Waals surface area contributed by atoms with Gasteiger partial charge in [0, 0.05) is 0 Å². The number of carboxylic acid groups (broad SMARTS) is 1. The normalized spacial score (nSPS) is 16.7. The lowest BCUT2D eigenvalue weighted by atomic mass is 9.97. The van der Waals surface area contributed by atoms with Gasteiger partial charge in [-0.15, -0.1) is 0 Å². The maximum Gasteiger partial charge on any atom is 0.407 e. The lowest BCUT2D eigenvalue weighted by Crippen LogP contribution is -2.67. The van der Waals surface area contributed by atoms with Crippen molar-refractivity contribution >= 4 is 20.4 Å². The summed E-state index contributed by atoms with van der Waals surface area (Å²) in [5.41, 5.74) is -2.40. The maximum absolute atomic E-state index is 13.5. The summed E-state index contributed by atoms with van der Waals surface area (Å²) in [7, 11) is -2.74. The average Bonchev–Trinajstić information content (AvgIpc) is 2.32. The highest BCUT2D eigenvalue weighted by Crippen LogP contribution is 2.40. The quantitative estimate of drug-likeness (QED) is 0.697. The number of aliphatic carboxylic acids is 1. The fraction of sp³-hybridized carbons (Fsp3) is 0.867. The van der Waals surface area contributed by atoms with Crippen LogP contribution in [0.3, 0.4) is 0 Å². The van der Waals surface area contributed by atoms with E-state index in [1.54, 1.807) is 26.9 Å². The van der Waals surface area contributed by atoms with E-state index in [-0.39, 0.29) is 0 Å². The number of halogens is 2. The zero-order chi connectivity index (χ0) is 19.5. The summed E-state index contributed by atoms with van der Waals surface area (Å²) < 4.78 is 37.5. The number of rotatable bonds is 7. The molecule has 0 aliphatic rings. The van der Waals surface area contributed by atoms with Gasteiger partial charge in [-0.25, -0.2) is 13.6 Å². The maximum atomic E-state index is 13.5. The van der Waals surface area contributed by atoms with Gasteiger partial charge in [0.15, 0.2) is 8.32 Å². The summed E-state index contributed by atoms with van der Waals surface area (Å²) in [6.45, 7) is 13.1. The second-order valence-corrected chi connectivity index (χ2v) is 12.4. The summed E-state index contributed by atoms with van der Waals surface area (Å²) >= 11 is 0. The van der Waals surface area contributed by atoms with Crippen LogP contribution in [0.1, 0.15) is 41.5 Å². The van der Waals surface area contributed by atoms with Gasteiger partial charge in [0.2, 0.25) is 0 Å². The Morgan fingerprint density at radius 2 is 1.58 bits per heavy atom. The summed E-state index contributed by atoms with van der Waals surface area (Å²) in [6.07, 6.45) is -4.86. The SMILES string of the molecule is CC(C)OC(=O)N[C@@H](C(F)F)[C@@](C)(O[Si](C)(C)C(C)(C)C)C(=O)[O-]. The molecule has 0 bridgehead atoms. The first kappa shape index (κ1) is 22.8. The van der Waals surface area contributed by atoms with Crippen molar-refractivity contribution in [3.05, 3.63) is 0 Å². The number of alkyl halides is 2. The van der Waals surface area contributed by atoms with E-state index in [9.17, 15) is 23.5 Å². The number of carboxylic acids is 1. The van der Waals surface area contributed by atoms with Gasteiger partial charge in [0.05, 0.1) is 12.1 Å². The number of carbonyl (C=O) groups excluding carboxylic acids is 2. The second-order valence-electron chi connectivity index (χ2n) is 7.67. The molecule has 2 atom stereocenters. The van der Waals surface area contributed by atoms with E-state index in [0.717, 1.165) is 6.92 Å². The van der Waals surface area contributed by atoms with Crippen LogP contribution in [0.25, 0.3) is 0 Å². The Balaban J connectivity index is 5.70. The molecule has 6 nitrogen and oxygen atoms in total. The van der Waals surface area contributed by atoms with Crippen LogP contribution >= 0.6 is 0 Å². The van der Waals surface area contributed by atoms with E-state index in [4.69, 9.17) is 9.16 Å². The molecule has 0 fully saturated rings. The number of amides is 1. The summed E-state index contributed by atoms with van der Waals surface area (Å²) in [5, 5.41) is 13.1. The lowest BCUT2D eigenvalue weighted by Gasteiger charge is -2.47. The van der Waals surface area contributed by atoms with E-state index in [0.29, 0.717) is 0 Å². The largest absolute Gasteiger partial charge is 0.547 e. The molecule has 1 amide bonds. The van der Waals surface area contributed by atoms with E-state index in [2.05, 4.69) is 0 Å². The molecule has 0 heterocycles. The van der Waals surface area contributed by atoms with Gasteiger partial charge in [0.25, 0.3) is 6.43 Å². The molecule has 24 heavy (non-hydrogen) atoms. The van der Waals surface area contributed by atoms with Crippen molar-refractivity contribution in [3.8, 4) is 0 Å². The monoisotopic (exact) mass is 368 g/mol. The van der Waals surface area contributed by atoms with Crippen LogP contribution in [0.4, 0.5) is 13.6 Å². The van der Waals surface area contributed by atoms with Gasteiger partial charge >= 0.3 is 6.09 Å². The number of hydrogen-bond donors (Lipinski definition) is 1. The van der Waals surface area contributed by atoms with Crippen molar-refractivity contribution in [1.82, 2.24) is 5.32 Å². The molecule has 9 heteroatoms. The first-order valence-corrected chi connectivity index (χ1v) is 10.6. The standard InChI is InChI=1S/C15H29F2NO5Si/c1-9(2)22-13(21)18-10(11(16)17)15(6,12(19)20)23-24(7,8)14(3,4)5/h9-11H,1-8H3,(H,18,21)(H,19,20)/p-1/t10-,15+/m0/s1. The molecular formula is C15H28F2NO5Si-. The Labute approximate surface area is 143 Å². The van der Waals surface area contributed by atoms with E-state index < -0.39 is 49.6 Å². The van der Waals surface area contributed by atoms with E-state index >= 15 is 0 Å². The molecule has 0 aromatic rings. The summed E-state index contributed by atoms with van der Waals surface area (Å²) in [4.78, 5) is 23.3. The minimum atomic E-state index is -3.18. The number of ether oxygens (including phenoxy) is 1. The fourth-order valence-electron chi connectivity index (χ4n) is 1.73. The smallest absolute Gasteiger partial charge is 0.407 e. The van der Waals surface area contributed by atoms with Crippen LogP contribution < -0.4 is 10.4 Å². The first-order chi connectivity index (χ1) is 10.5. The Hall–Kier alpha value is -1.22. The molecule has 142 valence electrons. The Morgan fingerprint density at radius 3 is 1.88 bits per heavy atom. The number of hydrogen-bond acceptors (Lipinski definition) is 5. The zero-order valence-corrected chi connectivity index (χ0v) is 16.5. The van der Waals surface area contributed by atoms with Crippen molar-refractivity contribution in [3.63, 3.8) is 0 Å². The highest BCUT2D eigenvalue weighted by atomic mass is 28.4. The molecule has 0 saturated carbocycles. The van der Waals surface area contributed by atoms with Crippen LogP contribution in [-0.2, 0) is 14.0 Å². The zero-order valence-electron chi connectivity index (χ0n) is 15.5. The Morgan fingerprint density at radius 1 is 1.12 bits per heavy atom. The third-order valence-corrected chi connectivity index (χ3v) is 8.69. The molecule has 1 N–H and O–H groups in total. The molecule has 0 rings (SSSR count). The van der Waals surface area contributed by atoms with Gasteiger partial charge in [0.1, 0.15) is 11.6 Å². The van der Waals surface area contributed by atoms with Crippen LogP contribution in [0.15, 0.2) is 0 Å². The molecule has 0 spiro atoms. The van der Waals surface area contributed by atoms with Crippen molar-refractivity contribution in [2.24, 2.45) is 0 Å². The van der Waals surface area contributed by atoms with Crippen molar-refractivity contribution < 1.29 is 32.6 Å². The molecule has 0 aromatic carbocycles. The van der Waals surface area contributed by atoms with Crippen LogP contribution in [0, 0.1) is 0 Å². The van der Waals surface area contributed by atoms with Crippen LogP contribution in [0.2, 0.25) is 18.1 Å². The molecule has 0 saturated heterocycles. The predicted molar refractivity (Wildman–Crippen MR) is 86.2 cm³/mol. The molecular weight excluding hydrogens is 340 g/mol. The van der Waals surface area contributed by atoms with Gasteiger partial charge in [-0.3, -0.25) is 0 Å². The highest BCUT2D eigenvalue weighted by Gasteiger charge is 2.50. The highest BCUT2D eigenvalue weighted by molar-refractivity contribution is 6.74. The van der Waals surface area contributed by atoms with E-state index in [1.807, 2.05) is 26.1 Å². The van der Waals surface area contributed by atoms with Crippen molar-refractivity contribution in [1.29, 1.82) is 0 Å². The first-order valence-electron chi connectivity index (χ1n) is 7.71. The van der Waals surface area contributed by atoms with E-state index in [1.165, 1.54) is 0 Å². The minimum Gasteiger partial charge on any atom is -0.547 e. The van der Waals surface area contributed by atoms with Crippen LogP contribution in [-0.4, -0.2) is 44.6 Å². The topological polar surface area (TPSA) is 87.7 Å². The summed E-state index contributed by atoms with van der Waals surface area (Å²) in [6, 6.07) is -2.11. The average molecular weight is 368 g/mol. The fourth-order valence-corrected chi connectivity index (χ4v) is 3.31. The minimum absolute atomic E-state index is 0.422. The predicted octanol–water partition coefficient (Wildman–Crippen LogP) is 2.29. The number of nitrogens with one attached hydrogen (secondary N) is 1. The third-order valence-electron chi connectivity index (χ3n) is 4.14. The molecule has 0 aliphatic heterocycles. The van der Waals surface area contributed by atoms with Gasteiger partial charge in [-0.1, -0.05) is 20.8 Å². The number of alkyl carbamates (subject to hydrolysis) is 1. The van der Waals surface area contributed by atoms with Gasteiger partial charge in [-0.05, 0) is 38.9 Å². The summed E-state index contributed by atoms with van der Waals surface area (Å²) in [5.74, 6) is -1.82. The van der Waals surface area contributed by atoms with Gasteiger partial charge < -0.3 is 24.4 Å². The third kappa shape index (κ3) is 5.69. The molecule has 0 unspecified atom stereocenters. The Kier molecular flexibility index (Phi) is 7.38. The van der Waals surface area contributed by atoms with Crippen molar-refractivity contribution in [2.45, 2.75) is 83.8 Å².